The molecule has 150 valence electrons. The van der Waals surface area contributed by atoms with E-state index in [-0.39, 0.29) is 29.2 Å². The Balaban J connectivity index is 1.71. The number of phenols is 1. The molecule has 30 heavy (non-hydrogen) atoms. The highest BCUT2D eigenvalue weighted by Crippen LogP contribution is 2.31. The molecule has 0 aliphatic carbocycles. The number of benzene rings is 4. The Kier molecular flexibility index (Phi) is 4.98. The Hall–Kier alpha value is -4.06. The van der Waals surface area contributed by atoms with Crippen LogP contribution < -0.4 is 4.74 Å². The van der Waals surface area contributed by atoms with Crippen molar-refractivity contribution in [2.45, 2.75) is 6.61 Å². The van der Waals surface area contributed by atoms with Crippen molar-refractivity contribution in [3.05, 3.63) is 83.4 Å². The van der Waals surface area contributed by atoms with Gasteiger partial charge in [0.05, 0.1) is 7.11 Å². The quantitative estimate of drug-likeness (QED) is 0.468. The summed E-state index contributed by atoms with van der Waals surface area (Å²) < 4.78 is 10.6. The van der Waals surface area contributed by atoms with Gasteiger partial charge in [0.15, 0.2) is 0 Å². The van der Waals surface area contributed by atoms with Gasteiger partial charge in [-0.1, -0.05) is 48.5 Å². The van der Waals surface area contributed by atoms with Crippen LogP contribution in [0.5, 0.6) is 11.5 Å². The largest absolute Gasteiger partial charge is 0.507 e. The van der Waals surface area contributed by atoms with Gasteiger partial charge in [0.25, 0.3) is 0 Å². The van der Waals surface area contributed by atoms with Crippen molar-refractivity contribution in [2.24, 2.45) is 0 Å². The van der Waals surface area contributed by atoms with Crippen LogP contribution in [0.2, 0.25) is 0 Å². The molecule has 0 bridgehead atoms. The second-order valence-corrected chi connectivity index (χ2v) is 6.76. The lowest BCUT2D eigenvalue weighted by atomic mass is 10.0. The van der Waals surface area contributed by atoms with Gasteiger partial charge in [0, 0.05) is 5.39 Å². The van der Waals surface area contributed by atoms with Crippen molar-refractivity contribution >= 4 is 33.5 Å². The molecule has 0 fully saturated rings. The standard InChI is InChI=1S/C24H18O6/c1-29-24(28)21-18-12-14(6-7-16(18)8-10-19(21)25)13-30-20-11-9-15-4-2-3-5-17(15)22(20)23(26)27/h2-12,25H,13H2,1H3,(H,26,27). The molecule has 0 atom stereocenters. The first-order valence-corrected chi connectivity index (χ1v) is 9.20. The lowest BCUT2D eigenvalue weighted by Gasteiger charge is -2.13. The molecule has 4 aromatic carbocycles. The molecular weight excluding hydrogens is 384 g/mol. The van der Waals surface area contributed by atoms with Crippen LogP contribution >= 0.6 is 0 Å². The first-order valence-electron chi connectivity index (χ1n) is 9.20. The molecule has 0 unspecified atom stereocenters. The molecule has 0 saturated heterocycles. The predicted octanol–water partition coefficient (Wildman–Crippen LogP) is 4.76. The number of methoxy groups -OCH3 is 1. The summed E-state index contributed by atoms with van der Waals surface area (Å²) in [7, 11) is 1.25. The van der Waals surface area contributed by atoms with Gasteiger partial charge < -0.3 is 19.7 Å². The molecule has 0 radical (unpaired) electrons. The monoisotopic (exact) mass is 402 g/mol. The minimum atomic E-state index is -1.07. The van der Waals surface area contributed by atoms with Crippen LogP contribution in [-0.2, 0) is 11.3 Å². The van der Waals surface area contributed by atoms with Crippen molar-refractivity contribution in [3.8, 4) is 11.5 Å². The number of aromatic carboxylic acids is 1. The second-order valence-electron chi connectivity index (χ2n) is 6.76. The SMILES string of the molecule is COC(=O)c1c(O)ccc2ccc(COc3ccc4ccccc4c3C(=O)O)cc12. The number of carbonyl (C=O) groups excluding carboxylic acids is 1. The van der Waals surface area contributed by atoms with Crippen molar-refractivity contribution in [1.29, 1.82) is 0 Å². The maximum atomic E-state index is 12.1. The summed E-state index contributed by atoms with van der Waals surface area (Å²) in [5.41, 5.74) is 0.887. The van der Waals surface area contributed by atoms with Crippen LogP contribution in [0.3, 0.4) is 0 Å². The molecule has 4 aromatic rings. The number of rotatable bonds is 5. The summed E-state index contributed by atoms with van der Waals surface area (Å²) >= 11 is 0. The van der Waals surface area contributed by atoms with Crippen LogP contribution in [0.25, 0.3) is 21.5 Å². The molecular formula is C24H18O6. The fourth-order valence-electron chi connectivity index (χ4n) is 3.52. The van der Waals surface area contributed by atoms with E-state index in [1.54, 1.807) is 36.4 Å². The molecule has 0 amide bonds. The van der Waals surface area contributed by atoms with Crippen LogP contribution in [0, 0.1) is 0 Å². The van der Waals surface area contributed by atoms with Crippen LogP contribution in [-0.4, -0.2) is 29.3 Å². The molecule has 6 heteroatoms. The van der Waals surface area contributed by atoms with E-state index in [1.165, 1.54) is 13.2 Å². The molecule has 4 rings (SSSR count). The summed E-state index contributed by atoms with van der Waals surface area (Å²) in [5, 5.41) is 22.5. The summed E-state index contributed by atoms with van der Waals surface area (Å²) in [6.07, 6.45) is 0. The third-order valence-electron chi connectivity index (χ3n) is 4.95. The normalized spacial score (nSPS) is 10.8. The number of hydrogen-bond donors (Lipinski definition) is 2. The first-order chi connectivity index (χ1) is 14.5. The van der Waals surface area contributed by atoms with E-state index in [4.69, 9.17) is 9.47 Å². The molecule has 6 nitrogen and oxygen atoms in total. The minimum Gasteiger partial charge on any atom is -0.507 e. The highest BCUT2D eigenvalue weighted by Gasteiger charge is 2.18. The van der Waals surface area contributed by atoms with Crippen LogP contribution in [0.4, 0.5) is 0 Å². The zero-order chi connectivity index (χ0) is 21.3. The summed E-state index contributed by atoms with van der Waals surface area (Å²) in [6.45, 7) is 0.0881. The Labute approximate surface area is 171 Å². The Morgan fingerprint density at radius 1 is 0.867 bits per heavy atom. The summed E-state index contributed by atoms with van der Waals surface area (Å²) in [4.78, 5) is 24.0. The first kappa shape index (κ1) is 19.3. The van der Waals surface area contributed by atoms with Crippen LogP contribution in [0.15, 0.2) is 66.7 Å². The Morgan fingerprint density at radius 3 is 2.33 bits per heavy atom. The van der Waals surface area contributed by atoms with E-state index >= 15 is 0 Å². The maximum Gasteiger partial charge on any atom is 0.342 e. The smallest absolute Gasteiger partial charge is 0.342 e. The molecule has 0 aliphatic rings. The zero-order valence-electron chi connectivity index (χ0n) is 16.1. The molecule has 0 aliphatic heterocycles. The third-order valence-corrected chi connectivity index (χ3v) is 4.95. The number of carbonyl (C=O) groups is 2. The molecule has 2 N–H and O–H groups in total. The molecule has 0 spiro atoms. The van der Waals surface area contributed by atoms with Crippen molar-refractivity contribution in [2.75, 3.05) is 7.11 Å². The maximum absolute atomic E-state index is 12.1. The van der Waals surface area contributed by atoms with Gasteiger partial charge >= 0.3 is 11.9 Å². The van der Waals surface area contributed by atoms with Gasteiger partial charge in [0.2, 0.25) is 0 Å². The summed E-state index contributed by atoms with van der Waals surface area (Å²) in [5.74, 6) is -1.63. The average Bonchev–Trinajstić information content (AvgIpc) is 2.76. The highest BCUT2D eigenvalue weighted by molar-refractivity contribution is 6.07. The Bertz CT molecular complexity index is 1290. The zero-order valence-corrected chi connectivity index (χ0v) is 16.1. The van der Waals surface area contributed by atoms with Gasteiger partial charge in [0.1, 0.15) is 29.2 Å². The topological polar surface area (TPSA) is 93.1 Å². The number of hydrogen-bond acceptors (Lipinski definition) is 5. The van der Waals surface area contributed by atoms with E-state index in [1.807, 2.05) is 24.3 Å². The van der Waals surface area contributed by atoms with Gasteiger partial charge in [-0.15, -0.1) is 0 Å². The number of esters is 1. The highest BCUT2D eigenvalue weighted by atomic mass is 16.5. The number of fused-ring (bicyclic) bond motifs is 2. The van der Waals surface area contributed by atoms with Gasteiger partial charge in [-0.2, -0.15) is 0 Å². The molecule has 0 heterocycles. The van der Waals surface area contributed by atoms with E-state index in [0.717, 1.165) is 10.8 Å². The fraction of sp³-hybridized carbons (Fsp3) is 0.0833. The second kappa shape index (κ2) is 7.75. The van der Waals surface area contributed by atoms with Gasteiger partial charge in [-0.3, -0.25) is 0 Å². The van der Waals surface area contributed by atoms with Crippen molar-refractivity contribution < 1.29 is 29.3 Å². The van der Waals surface area contributed by atoms with Crippen molar-refractivity contribution in [1.82, 2.24) is 0 Å². The lowest BCUT2D eigenvalue weighted by Crippen LogP contribution is -2.05. The van der Waals surface area contributed by atoms with Gasteiger partial charge in [-0.05, 0) is 39.9 Å². The van der Waals surface area contributed by atoms with E-state index in [9.17, 15) is 19.8 Å². The lowest BCUT2D eigenvalue weighted by molar-refractivity contribution is 0.0598. The van der Waals surface area contributed by atoms with E-state index < -0.39 is 11.9 Å². The number of ether oxygens (including phenoxy) is 2. The Morgan fingerprint density at radius 2 is 1.57 bits per heavy atom. The molecule has 0 saturated carbocycles. The van der Waals surface area contributed by atoms with Gasteiger partial charge in [-0.25, -0.2) is 9.59 Å². The molecule has 0 aromatic heterocycles. The minimum absolute atomic E-state index is 0.0776. The number of phenolic OH excluding ortho intramolecular Hbond substituents is 1. The van der Waals surface area contributed by atoms with Crippen molar-refractivity contribution in [3.63, 3.8) is 0 Å². The number of carboxylic acids is 1. The third kappa shape index (κ3) is 3.39. The van der Waals surface area contributed by atoms with E-state index in [2.05, 4.69) is 0 Å². The average molecular weight is 402 g/mol. The van der Waals surface area contributed by atoms with Crippen LogP contribution in [0.1, 0.15) is 26.3 Å². The number of carboxylic acid groups (broad SMARTS) is 1. The summed E-state index contributed by atoms with van der Waals surface area (Å²) in [6, 6.07) is 19.2. The predicted molar refractivity (Wildman–Crippen MR) is 112 cm³/mol. The number of aromatic hydroxyl groups is 1. The van der Waals surface area contributed by atoms with E-state index in [0.29, 0.717) is 16.3 Å². The fourth-order valence-corrected chi connectivity index (χ4v) is 3.52.